The second-order valence-corrected chi connectivity index (χ2v) is 4.42. The number of nitrogens with zero attached hydrogens (tertiary/aromatic N) is 2. The number of aromatic nitrogens is 2. The van der Waals surface area contributed by atoms with E-state index in [1.807, 2.05) is 6.92 Å². The van der Waals surface area contributed by atoms with E-state index >= 15 is 0 Å². The second-order valence-electron chi connectivity index (χ2n) is 4.42. The van der Waals surface area contributed by atoms with Gasteiger partial charge in [-0.2, -0.15) is 5.10 Å². The van der Waals surface area contributed by atoms with Crippen molar-refractivity contribution in [2.75, 3.05) is 6.61 Å². The van der Waals surface area contributed by atoms with E-state index in [0.29, 0.717) is 23.4 Å². The minimum absolute atomic E-state index is 0.330. The fourth-order valence-corrected chi connectivity index (χ4v) is 1.75. The number of benzene rings is 1. The lowest BCUT2D eigenvalue weighted by molar-refractivity contribution is 0.0505. The summed E-state index contributed by atoms with van der Waals surface area (Å²) in [7, 11) is 0. The van der Waals surface area contributed by atoms with Crippen molar-refractivity contribution in [1.82, 2.24) is 9.78 Å². The van der Waals surface area contributed by atoms with Gasteiger partial charge in [0, 0.05) is 6.20 Å². The van der Waals surface area contributed by atoms with Gasteiger partial charge in [-0.05, 0) is 37.6 Å². The maximum atomic E-state index is 11.7. The molecule has 0 aliphatic rings. The zero-order valence-corrected chi connectivity index (χ0v) is 11.5. The molecule has 0 bridgehead atoms. The van der Waals surface area contributed by atoms with Crippen molar-refractivity contribution in [3.8, 4) is 5.69 Å². The van der Waals surface area contributed by atoms with Crippen LogP contribution in [0.4, 0.5) is 0 Å². The Morgan fingerprint density at radius 3 is 2.60 bits per heavy atom. The molecule has 0 unspecified atom stereocenters. The van der Waals surface area contributed by atoms with Crippen molar-refractivity contribution in [2.45, 2.75) is 20.3 Å². The summed E-state index contributed by atoms with van der Waals surface area (Å²) in [5, 5.41) is 4.25. The van der Waals surface area contributed by atoms with Crippen LogP contribution < -0.4 is 0 Å². The molecule has 0 fully saturated rings. The minimum atomic E-state index is -0.330. The molecule has 2 aromatic rings. The number of hydrogen-bond acceptors (Lipinski definition) is 4. The first-order chi connectivity index (χ1) is 9.65. The number of aldehydes is 1. The maximum absolute atomic E-state index is 11.7. The van der Waals surface area contributed by atoms with Crippen LogP contribution in [-0.4, -0.2) is 28.6 Å². The van der Waals surface area contributed by atoms with Gasteiger partial charge in [0.05, 0.1) is 29.1 Å². The topological polar surface area (TPSA) is 61.2 Å². The Hall–Kier alpha value is -2.43. The van der Waals surface area contributed by atoms with Gasteiger partial charge in [0.1, 0.15) is 0 Å². The van der Waals surface area contributed by atoms with Crippen molar-refractivity contribution in [1.29, 1.82) is 0 Å². The van der Waals surface area contributed by atoms with Gasteiger partial charge in [-0.15, -0.1) is 0 Å². The van der Waals surface area contributed by atoms with Crippen LogP contribution in [0.3, 0.4) is 0 Å². The molecule has 104 valence electrons. The Labute approximate surface area is 117 Å². The average Bonchev–Trinajstić information content (AvgIpc) is 2.86. The molecule has 0 saturated heterocycles. The molecular weight excluding hydrogens is 256 g/mol. The molecule has 1 heterocycles. The predicted octanol–water partition coefficient (Wildman–Crippen LogP) is 2.56. The van der Waals surface area contributed by atoms with Crippen LogP contribution in [0.15, 0.2) is 30.5 Å². The van der Waals surface area contributed by atoms with Crippen LogP contribution in [0.25, 0.3) is 5.69 Å². The third-order valence-corrected chi connectivity index (χ3v) is 2.87. The first-order valence-corrected chi connectivity index (χ1v) is 6.44. The van der Waals surface area contributed by atoms with Crippen molar-refractivity contribution < 1.29 is 14.3 Å². The monoisotopic (exact) mass is 272 g/mol. The number of carbonyl (C=O) groups excluding carboxylic acids is 2. The molecule has 0 aliphatic carbocycles. The predicted molar refractivity (Wildman–Crippen MR) is 74.3 cm³/mol. The highest BCUT2D eigenvalue weighted by Gasteiger charge is 2.08. The summed E-state index contributed by atoms with van der Waals surface area (Å²) in [5.41, 5.74) is 2.51. The molecule has 0 aliphatic heterocycles. The quantitative estimate of drug-likeness (QED) is 0.620. The van der Waals surface area contributed by atoms with Crippen LogP contribution in [0.2, 0.25) is 0 Å². The van der Waals surface area contributed by atoms with Crippen LogP contribution in [0, 0.1) is 6.92 Å². The molecule has 2 rings (SSSR count). The minimum Gasteiger partial charge on any atom is -0.462 e. The van der Waals surface area contributed by atoms with E-state index in [1.165, 1.54) is 0 Å². The highest BCUT2D eigenvalue weighted by Crippen LogP contribution is 2.12. The normalized spacial score (nSPS) is 10.3. The Morgan fingerprint density at radius 1 is 1.35 bits per heavy atom. The molecule has 0 spiro atoms. The van der Waals surface area contributed by atoms with Crippen molar-refractivity contribution in [2.24, 2.45) is 0 Å². The van der Waals surface area contributed by atoms with Crippen molar-refractivity contribution >= 4 is 12.3 Å². The third kappa shape index (κ3) is 2.93. The van der Waals surface area contributed by atoms with Gasteiger partial charge >= 0.3 is 5.97 Å². The molecule has 1 aromatic heterocycles. The van der Waals surface area contributed by atoms with E-state index in [-0.39, 0.29) is 5.97 Å². The van der Waals surface area contributed by atoms with Crippen LogP contribution in [-0.2, 0) is 4.74 Å². The molecule has 5 nitrogen and oxygen atoms in total. The molecule has 0 radical (unpaired) electrons. The summed E-state index contributed by atoms with van der Waals surface area (Å²) in [6, 6.07) is 6.91. The summed E-state index contributed by atoms with van der Waals surface area (Å²) in [4.78, 5) is 22.5. The average molecular weight is 272 g/mol. The van der Waals surface area contributed by atoms with Crippen molar-refractivity contribution in [3.63, 3.8) is 0 Å². The van der Waals surface area contributed by atoms with Crippen LogP contribution in [0.1, 0.15) is 39.8 Å². The van der Waals surface area contributed by atoms with E-state index in [9.17, 15) is 9.59 Å². The smallest absolute Gasteiger partial charge is 0.338 e. The summed E-state index contributed by atoms with van der Waals surface area (Å²) in [6.07, 6.45) is 3.23. The lowest BCUT2D eigenvalue weighted by Gasteiger charge is -2.05. The second kappa shape index (κ2) is 6.14. The number of hydrogen-bond donors (Lipinski definition) is 0. The van der Waals surface area contributed by atoms with Gasteiger partial charge in [-0.1, -0.05) is 6.92 Å². The number of esters is 1. The van der Waals surface area contributed by atoms with Crippen LogP contribution in [0.5, 0.6) is 0 Å². The largest absolute Gasteiger partial charge is 0.462 e. The summed E-state index contributed by atoms with van der Waals surface area (Å²) in [5.74, 6) is -0.330. The lowest BCUT2D eigenvalue weighted by atomic mass is 10.2. The number of aryl methyl sites for hydroxylation is 1. The molecule has 0 saturated carbocycles. The zero-order valence-electron chi connectivity index (χ0n) is 11.5. The highest BCUT2D eigenvalue weighted by molar-refractivity contribution is 5.89. The molecule has 0 amide bonds. The van der Waals surface area contributed by atoms with Gasteiger partial charge in [-0.3, -0.25) is 4.79 Å². The molecule has 0 N–H and O–H groups in total. The zero-order chi connectivity index (χ0) is 14.5. The molecule has 20 heavy (non-hydrogen) atoms. The maximum Gasteiger partial charge on any atom is 0.338 e. The first kappa shape index (κ1) is 14.0. The fraction of sp³-hybridized carbons (Fsp3) is 0.267. The number of rotatable bonds is 5. The van der Waals surface area contributed by atoms with E-state index in [1.54, 1.807) is 42.1 Å². The summed E-state index contributed by atoms with van der Waals surface area (Å²) < 4.78 is 6.67. The van der Waals surface area contributed by atoms with E-state index in [4.69, 9.17) is 4.74 Å². The highest BCUT2D eigenvalue weighted by atomic mass is 16.5. The van der Waals surface area contributed by atoms with E-state index in [0.717, 1.165) is 18.4 Å². The lowest BCUT2D eigenvalue weighted by Crippen LogP contribution is -2.06. The van der Waals surface area contributed by atoms with Gasteiger partial charge in [0.2, 0.25) is 0 Å². The van der Waals surface area contributed by atoms with E-state index in [2.05, 4.69) is 5.10 Å². The third-order valence-electron chi connectivity index (χ3n) is 2.87. The van der Waals surface area contributed by atoms with Gasteiger partial charge in [-0.25, -0.2) is 9.48 Å². The van der Waals surface area contributed by atoms with Crippen molar-refractivity contribution in [3.05, 3.63) is 47.3 Å². The SMILES string of the molecule is CCCOC(=O)c1ccc(-n2cc(C=O)c(C)n2)cc1. The Bertz CT molecular complexity index is 615. The Kier molecular flexibility index (Phi) is 4.30. The van der Waals surface area contributed by atoms with E-state index < -0.39 is 0 Å². The molecular formula is C15H16N2O3. The summed E-state index contributed by atoms with van der Waals surface area (Å²) in [6.45, 7) is 4.14. The molecule has 0 atom stereocenters. The summed E-state index contributed by atoms with van der Waals surface area (Å²) >= 11 is 0. The molecule has 1 aromatic carbocycles. The van der Waals surface area contributed by atoms with Crippen LogP contribution >= 0.6 is 0 Å². The number of ether oxygens (including phenoxy) is 1. The Balaban J connectivity index is 2.19. The van der Waals surface area contributed by atoms with Gasteiger partial charge < -0.3 is 4.74 Å². The van der Waals surface area contributed by atoms with Gasteiger partial charge in [0.25, 0.3) is 0 Å². The fourth-order valence-electron chi connectivity index (χ4n) is 1.75. The standard InChI is InChI=1S/C15H16N2O3/c1-3-8-20-15(19)12-4-6-14(7-5-12)17-9-13(10-18)11(2)16-17/h4-7,9-10H,3,8H2,1-2H3. The van der Waals surface area contributed by atoms with Gasteiger partial charge in [0.15, 0.2) is 6.29 Å². The number of carbonyl (C=O) groups is 2. The first-order valence-electron chi connectivity index (χ1n) is 6.44. The Morgan fingerprint density at radius 2 is 2.05 bits per heavy atom. The molecule has 5 heteroatoms.